The number of allylic oxidation sites excluding steroid dienone is 4. The van der Waals surface area contributed by atoms with Crippen molar-refractivity contribution >= 4 is 5.91 Å². The second kappa shape index (κ2) is 18.0. The van der Waals surface area contributed by atoms with E-state index in [-0.39, 0.29) is 11.9 Å². The Morgan fingerprint density at radius 2 is 1.43 bits per heavy atom. The summed E-state index contributed by atoms with van der Waals surface area (Å²) >= 11 is 0. The lowest BCUT2D eigenvalue weighted by molar-refractivity contribution is -0.121. The van der Waals surface area contributed by atoms with Gasteiger partial charge in [0.25, 0.3) is 0 Å². The zero-order chi connectivity index (χ0) is 21.9. The summed E-state index contributed by atoms with van der Waals surface area (Å²) in [4.78, 5) is 12.2. The Morgan fingerprint density at radius 1 is 0.833 bits per heavy atom. The molecule has 1 amide bonds. The quantitative estimate of drug-likeness (QED) is 0.203. The van der Waals surface area contributed by atoms with Gasteiger partial charge in [0.1, 0.15) is 0 Å². The molecule has 0 radical (unpaired) electrons. The molecule has 2 heteroatoms. The van der Waals surface area contributed by atoms with Gasteiger partial charge in [-0.2, -0.15) is 0 Å². The molecule has 0 spiro atoms. The Hall–Kier alpha value is -1.83. The van der Waals surface area contributed by atoms with Gasteiger partial charge in [-0.15, -0.1) is 0 Å². The van der Waals surface area contributed by atoms with Crippen LogP contribution in [0.25, 0.3) is 0 Å². The Morgan fingerprint density at radius 3 is 2.07 bits per heavy atom. The highest BCUT2D eigenvalue weighted by atomic mass is 16.1. The molecule has 1 unspecified atom stereocenters. The Labute approximate surface area is 186 Å². The van der Waals surface area contributed by atoms with Crippen LogP contribution in [0, 0.1) is 0 Å². The maximum atomic E-state index is 12.2. The molecule has 0 aromatic heterocycles. The van der Waals surface area contributed by atoms with Crippen LogP contribution in [-0.4, -0.2) is 5.91 Å². The van der Waals surface area contributed by atoms with Crippen LogP contribution in [0.2, 0.25) is 0 Å². The molecule has 0 heterocycles. The van der Waals surface area contributed by atoms with Gasteiger partial charge in [-0.3, -0.25) is 4.79 Å². The summed E-state index contributed by atoms with van der Waals surface area (Å²) in [5.41, 5.74) is 2.52. The number of amides is 1. The number of carbonyl (C=O) groups is 1. The molecule has 0 aliphatic heterocycles. The van der Waals surface area contributed by atoms with Crippen molar-refractivity contribution in [2.45, 2.75) is 110 Å². The molecular formula is C28H45NO. The van der Waals surface area contributed by atoms with E-state index >= 15 is 0 Å². The maximum Gasteiger partial charge on any atom is 0.220 e. The largest absolute Gasteiger partial charge is 0.350 e. The topological polar surface area (TPSA) is 29.1 Å². The van der Waals surface area contributed by atoms with E-state index in [1.807, 2.05) is 0 Å². The fraction of sp³-hybridized carbons (Fsp3) is 0.607. The highest BCUT2D eigenvalue weighted by molar-refractivity contribution is 5.76. The van der Waals surface area contributed by atoms with Crippen molar-refractivity contribution in [2.24, 2.45) is 0 Å². The van der Waals surface area contributed by atoms with Gasteiger partial charge in [-0.25, -0.2) is 0 Å². The van der Waals surface area contributed by atoms with E-state index in [1.165, 1.54) is 62.5 Å². The first-order chi connectivity index (χ1) is 14.7. The molecule has 30 heavy (non-hydrogen) atoms. The molecule has 0 aliphatic carbocycles. The van der Waals surface area contributed by atoms with E-state index in [9.17, 15) is 4.79 Å². The minimum absolute atomic E-state index is 0.0846. The summed E-state index contributed by atoms with van der Waals surface area (Å²) in [6.45, 7) is 6.47. The molecule has 1 atom stereocenters. The third kappa shape index (κ3) is 13.4. The minimum Gasteiger partial charge on any atom is -0.350 e. The zero-order valence-corrected chi connectivity index (χ0v) is 19.8. The van der Waals surface area contributed by atoms with E-state index in [4.69, 9.17) is 0 Å². The van der Waals surface area contributed by atoms with Crippen molar-refractivity contribution in [1.82, 2.24) is 5.32 Å². The van der Waals surface area contributed by atoms with Crippen LogP contribution in [0.1, 0.15) is 115 Å². The molecule has 1 aromatic rings. The van der Waals surface area contributed by atoms with E-state index in [0.29, 0.717) is 6.42 Å². The third-order valence-electron chi connectivity index (χ3n) is 5.62. The summed E-state index contributed by atoms with van der Waals surface area (Å²) in [5, 5.41) is 3.13. The van der Waals surface area contributed by atoms with Crippen LogP contribution < -0.4 is 5.32 Å². The predicted molar refractivity (Wildman–Crippen MR) is 132 cm³/mol. The van der Waals surface area contributed by atoms with Gasteiger partial charge in [-0.05, 0) is 63.0 Å². The van der Waals surface area contributed by atoms with Crippen molar-refractivity contribution in [2.75, 3.05) is 0 Å². The average molecular weight is 412 g/mol. The monoisotopic (exact) mass is 411 g/mol. The number of benzene rings is 1. The minimum atomic E-state index is 0.0846. The summed E-state index contributed by atoms with van der Waals surface area (Å²) in [5.74, 6) is 0.174. The van der Waals surface area contributed by atoms with Crippen LogP contribution in [0.5, 0.6) is 0 Å². The summed E-state index contributed by atoms with van der Waals surface area (Å²) in [6, 6.07) is 8.64. The standard InChI is InChI=1S/C28H45NO/c1-4-6-7-8-9-10-11-12-13-14-15-16-17-18-19-20-28(30)29-25(3)27-23-21-26(5-2)22-24-27/h9-10,12-13,21-25H,4-8,11,14-20H2,1-3H3,(H,29,30)/b10-9-,13-12-. The summed E-state index contributed by atoms with van der Waals surface area (Å²) in [6.07, 6.45) is 24.2. The Kier molecular flexibility index (Phi) is 15.7. The average Bonchev–Trinajstić information content (AvgIpc) is 2.76. The Balaban J connectivity index is 1.98. The molecule has 0 saturated carbocycles. The number of aryl methyl sites for hydroxylation is 1. The molecule has 2 nitrogen and oxygen atoms in total. The molecular weight excluding hydrogens is 366 g/mol. The van der Waals surface area contributed by atoms with Gasteiger partial charge < -0.3 is 5.32 Å². The fourth-order valence-corrected chi connectivity index (χ4v) is 3.54. The number of rotatable bonds is 17. The van der Waals surface area contributed by atoms with Gasteiger partial charge in [0.15, 0.2) is 0 Å². The van der Waals surface area contributed by atoms with Crippen molar-refractivity contribution in [3.05, 3.63) is 59.7 Å². The second-order valence-corrected chi connectivity index (χ2v) is 8.37. The molecule has 0 saturated heterocycles. The molecule has 1 N–H and O–H groups in total. The number of hydrogen-bond donors (Lipinski definition) is 1. The van der Waals surface area contributed by atoms with Crippen LogP contribution in [0.15, 0.2) is 48.6 Å². The molecule has 168 valence electrons. The number of hydrogen-bond acceptors (Lipinski definition) is 1. The molecule has 0 bridgehead atoms. The smallest absolute Gasteiger partial charge is 0.220 e. The summed E-state index contributed by atoms with van der Waals surface area (Å²) in [7, 11) is 0. The molecule has 1 rings (SSSR count). The van der Waals surface area contributed by atoms with Crippen LogP contribution in [0.3, 0.4) is 0 Å². The van der Waals surface area contributed by atoms with Crippen LogP contribution in [-0.2, 0) is 11.2 Å². The molecule has 0 fully saturated rings. The number of unbranched alkanes of at least 4 members (excludes halogenated alkanes) is 8. The van der Waals surface area contributed by atoms with Gasteiger partial charge in [0, 0.05) is 6.42 Å². The van der Waals surface area contributed by atoms with Crippen molar-refractivity contribution in [3.8, 4) is 0 Å². The lowest BCUT2D eigenvalue weighted by Gasteiger charge is -2.14. The van der Waals surface area contributed by atoms with E-state index < -0.39 is 0 Å². The summed E-state index contributed by atoms with van der Waals surface area (Å²) < 4.78 is 0. The van der Waals surface area contributed by atoms with E-state index in [1.54, 1.807) is 0 Å². The van der Waals surface area contributed by atoms with Crippen molar-refractivity contribution in [3.63, 3.8) is 0 Å². The van der Waals surface area contributed by atoms with Gasteiger partial charge >= 0.3 is 0 Å². The normalized spacial score (nSPS) is 12.6. The predicted octanol–water partition coefficient (Wildman–Crippen LogP) is 8.24. The lowest BCUT2D eigenvalue weighted by atomic mass is 10.0. The molecule has 1 aromatic carbocycles. The lowest BCUT2D eigenvalue weighted by Crippen LogP contribution is -2.26. The Bertz CT molecular complexity index is 600. The first-order valence-corrected chi connectivity index (χ1v) is 12.4. The highest BCUT2D eigenvalue weighted by Crippen LogP contribution is 2.14. The maximum absolute atomic E-state index is 12.2. The van der Waals surface area contributed by atoms with Crippen LogP contribution in [0.4, 0.5) is 0 Å². The first kappa shape index (κ1) is 26.2. The number of carbonyl (C=O) groups excluding carboxylic acids is 1. The fourth-order valence-electron chi connectivity index (χ4n) is 3.54. The van der Waals surface area contributed by atoms with Crippen molar-refractivity contribution < 1.29 is 4.79 Å². The van der Waals surface area contributed by atoms with E-state index in [0.717, 1.165) is 25.7 Å². The van der Waals surface area contributed by atoms with E-state index in [2.05, 4.69) is 74.7 Å². The van der Waals surface area contributed by atoms with Crippen LogP contribution >= 0.6 is 0 Å². The van der Waals surface area contributed by atoms with Crippen molar-refractivity contribution in [1.29, 1.82) is 0 Å². The SMILES string of the molecule is CCCCC/C=C\C/C=C\CCCCCCCC(=O)NC(C)c1ccc(CC)cc1. The van der Waals surface area contributed by atoms with Gasteiger partial charge in [0.05, 0.1) is 6.04 Å². The highest BCUT2D eigenvalue weighted by Gasteiger charge is 2.09. The molecule has 0 aliphatic rings. The first-order valence-electron chi connectivity index (χ1n) is 12.4. The second-order valence-electron chi connectivity index (χ2n) is 8.37. The van der Waals surface area contributed by atoms with Gasteiger partial charge in [-0.1, -0.05) is 94.5 Å². The zero-order valence-electron chi connectivity index (χ0n) is 19.8. The number of nitrogens with one attached hydrogen (secondary N) is 1. The third-order valence-corrected chi connectivity index (χ3v) is 5.62. The van der Waals surface area contributed by atoms with Gasteiger partial charge in [0.2, 0.25) is 5.91 Å².